The zero-order chi connectivity index (χ0) is 13.2. The van der Waals surface area contributed by atoms with Crippen LogP contribution in [0.3, 0.4) is 0 Å². The molecule has 2 aromatic heterocycles. The van der Waals surface area contributed by atoms with E-state index in [1.165, 1.54) is 25.1 Å². The number of hydrogen-bond donors (Lipinski definition) is 2. The fourth-order valence-electron chi connectivity index (χ4n) is 1.26. The number of aromatic amines is 1. The molecular formula is C10H10N2O4S2. The number of thiophene rings is 1. The lowest BCUT2D eigenvalue weighted by Crippen LogP contribution is -2.11. The molecule has 96 valence electrons. The number of aromatic nitrogens is 1. The zero-order valence-electron chi connectivity index (χ0n) is 9.34. The van der Waals surface area contributed by atoms with Crippen molar-refractivity contribution in [1.29, 1.82) is 0 Å². The van der Waals surface area contributed by atoms with E-state index in [2.05, 4.69) is 9.71 Å². The summed E-state index contributed by atoms with van der Waals surface area (Å²) in [4.78, 5) is 13.3. The van der Waals surface area contributed by atoms with Crippen molar-refractivity contribution in [3.05, 3.63) is 29.6 Å². The van der Waals surface area contributed by atoms with Gasteiger partial charge in [0.05, 0.1) is 0 Å². The molecule has 2 heterocycles. The Hall–Kier alpha value is -1.80. The van der Waals surface area contributed by atoms with Gasteiger partial charge in [0.1, 0.15) is 10.0 Å². The number of rotatable bonds is 4. The minimum absolute atomic E-state index is 0.186. The SMILES string of the molecule is CC(=O)Oc1ccc(NS(=O)(=O)c2cccs2)[nH]1. The van der Waals surface area contributed by atoms with Crippen LogP contribution in [0.5, 0.6) is 5.88 Å². The van der Waals surface area contributed by atoms with E-state index in [0.717, 1.165) is 11.3 Å². The normalized spacial score (nSPS) is 11.2. The van der Waals surface area contributed by atoms with Gasteiger partial charge < -0.3 is 9.72 Å². The van der Waals surface area contributed by atoms with E-state index in [4.69, 9.17) is 4.74 Å². The number of H-pyrrole nitrogens is 1. The number of nitrogens with one attached hydrogen (secondary N) is 2. The molecule has 18 heavy (non-hydrogen) atoms. The molecule has 0 saturated heterocycles. The van der Waals surface area contributed by atoms with Gasteiger partial charge in [-0.25, -0.2) is 8.42 Å². The van der Waals surface area contributed by atoms with Crippen LogP contribution in [-0.4, -0.2) is 19.4 Å². The minimum Gasteiger partial charge on any atom is -0.410 e. The number of carbonyl (C=O) groups excluding carboxylic acids is 1. The molecule has 0 aliphatic heterocycles. The van der Waals surface area contributed by atoms with Gasteiger partial charge >= 0.3 is 5.97 Å². The summed E-state index contributed by atoms with van der Waals surface area (Å²) in [6, 6.07) is 6.10. The van der Waals surface area contributed by atoms with Crippen molar-refractivity contribution in [3.63, 3.8) is 0 Å². The van der Waals surface area contributed by atoms with Crippen LogP contribution < -0.4 is 9.46 Å². The van der Waals surface area contributed by atoms with Gasteiger partial charge in [-0.2, -0.15) is 0 Å². The lowest BCUT2D eigenvalue weighted by molar-refractivity contribution is -0.132. The van der Waals surface area contributed by atoms with Crippen molar-refractivity contribution in [2.24, 2.45) is 0 Å². The molecule has 6 nitrogen and oxygen atoms in total. The van der Waals surface area contributed by atoms with E-state index in [1.54, 1.807) is 11.4 Å². The van der Waals surface area contributed by atoms with Gasteiger partial charge in [-0.05, 0) is 17.5 Å². The molecule has 0 spiro atoms. The van der Waals surface area contributed by atoms with Crippen molar-refractivity contribution in [2.75, 3.05) is 4.72 Å². The third-order valence-corrected chi connectivity index (χ3v) is 4.68. The smallest absolute Gasteiger partial charge is 0.309 e. The van der Waals surface area contributed by atoms with Crippen molar-refractivity contribution in [3.8, 4) is 5.88 Å². The van der Waals surface area contributed by atoms with Crippen LogP contribution in [0.15, 0.2) is 33.9 Å². The second kappa shape index (κ2) is 4.83. The van der Waals surface area contributed by atoms with Gasteiger partial charge in [0, 0.05) is 13.0 Å². The van der Waals surface area contributed by atoms with Gasteiger partial charge in [-0.3, -0.25) is 9.52 Å². The summed E-state index contributed by atoms with van der Waals surface area (Å²) in [7, 11) is -3.59. The van der Waals surface area contributed by atoms with Crippen molar-refractivity contribution < 1.29 is 17.9 Å². The monoisotopic (exact) mass is 286 g/mol. The lowest BCUT2D eigenvalue weighted by atomic mass is 10.6. The Labute approximate surface area is 108 Å². The minimum atomic E-state index is -3.59. The molecule has 2 rings (SSSR count). The Morgan fingerprint density at radius 3 is 2.78 bits per heavy atom. The maximum absolute atomic E-state index is 11.9. The summed E-state index contributed by atoms with van der Waals surface area (Å²) in [5, 5.41) is 1.67. The number of hydrogen-bond acceptors (Lipinski definition) is 5. The summed E-state index contributed by atoms with van der Waals surface area (Å²) in [6.45, 7) is 1.26. The molecule has 8 heteroatoms. The molecule has 0 radical (unpaired) electrons. The third-order valence-electron chi connectivity index (χ3n) is 1.92. The molecule has 0 aliphatic carbocycles. The molecule has 0 atom stereocenters. The first-order valence-electron chi connectivity index (χ1n) is 4.91. The molecule has 0 aliphatic rings. The number of sulfonamides is 1. The largest absolute Gasteiger partial charge is 0.410 e. The first-order valence-corrected chi connectivity index (χ1v) is 7.27. The van der Waals surface area contributed by atoms with E-state index >= 15 is 0 Å². The Bertz CT molecular complexity index is 643. The average molecular weight is 286 g/mol. The predicted octanol–water partition coefficient (Wildman–Crippen LogP) is 1.80. The van der Waals surface area contributed by atoms with E-state index in [1.807, 2.05) is 0 Å². The van der Waals surface area contributed by atoms with E-state index < -0.39 is 16.0 Å². The highest BCUT2D eigenvalue weighted by Crippen LogP contribution is 2.21. The molecule has 0 amide bonds. The second-order valence-electron chi connectivity index (χ2n) is 3.37. The number of esters is 1. The van der Waals surface area contributed by atoms with Crippen LogP contribution >= 0.6 is 11.3 Å². The van der Waals surface area contributed by atoms with E-state index in [0.29, 0.717) is 0 Å². The molecular weight excluding hydrogens is 276 g/mol. The fourth-order valence-corrected chi connectivity index (χ4v) is 3.27. The van der Waals surface area contributed by atoms with Crippen LogP contribution in [0.1, 0.15) is 6.92 Å². The molecule has 0 unspecified atom stereocenters. The van der Waals surface area contributed by atoms with E-state index in [-0.39, 0.29) is 15.9 Å². The Morgan fingerprint density at radius 2 is 2.17 bits per heavy atom. The second-order valence-corrected chi connectivity index (χ2v) is 6.22. The lowest BCUT2D eigenvalue weighted by Gasteiger charge is -2.03. The quantitative estimate of drug-likeness (QED) is 0.839. The molecule has 2 aromatic rings. The number of ether oxygens (including phenoxy) is 1. The molecule has 2 N–H and O–H groups in total. The number of carbonyl (C=O) groups is 1. The Morgan fingerprint density at radius 1 is 1.39 bits per heavy atom. The summed E-state index contributed by atoms with van der Waals surface area (Å²) >= 11 is 1.12. The summed E-state index contributed by atoms with van der Waals surface area (Å²) in [5.41, 5.74) is 0. The number of anilines is 1. The maximum Gasteiger partial charge on any atom is 0.309 e. The Balaban J connectivity index is 2.15. The van der Waals surface area contributed by atoms with Crippen LogP contribution in [-0.2, 0) is 14.8 Å². The standard InChI is InChI=1S/C10H10N2O4S2/c1-7(13)16-9-5-4-8(11-9)12-18(14,15)10-3-2-6-17-10/h2-6,11-12H,1H3. The van der Waals surface area contributed by atoms with Crippen LogP contribution in [0.4, 0.5) is 5.82 Å². The van der Waals surface area contributed by atoms with Gasteiger partial charge in [0.2, 0.25) is 5.88 Å². The average Bonchev–Trinajstić information content (AvgIpc) is 2.87. The summed E-state index contributed by atoms with van der Waals surface area (Å²) in [6.07, 6.45) is 0. The van der Waals surface area contributed by atoms with Crippen molar-refractivity contribution in [2.45, 2.75) is 11.1 Å². The van der Waals surface area contributed by atoms with Crippen LogP contribution in [0, 0.1) is 0 Å². The third kappa shape index (κ3) is 2.90. The van der Waals surface area contributed by atoms with Gasteiger partial charge in [-0.15, -0.1) is 11.3 Å². The van der Waals surface area contributed by atoms with E-state index in [9.17, 15) is 13.2 Å². The van der Waals surface area contributed by atoms with Crippen LogP contribution in [0.2, 0.25) is 0 Å². The predicted molar refractivity (Wildman–Crippen MR) is 67.2 cm³/mol. The Kier molecular flexibility index (Phi) is 3.39. The first kappa shape index (κ1) is 12.7. The molecule has 0 fully saturated rings. The highest BCUT2D eigenvalue weighted by molar-refractivity contribution is 7.94. The molecule has 0 bridgehead atoms. The highest BCUT2D eigenvalue weighted by atomic mass is 32.2. The maximum atomic E-state index is 11.9. The highest BCUT2D eigenvalue weighted by Gasteiger charge is 2.16. The van der Waals surface area contributed by atoms with Gasteiger partial charge in [0.15, 0.2) is 0 Å². The summed E-state index contributed by atoms with van der Waals surface area (Å²) < 4.78 is 31.1. The molecule has 0 aromatic carbocycles. The van der Waals surface area contributed by atoms with Crippen molar-refractivity contribution >= 4 is 33.1 Å². The van der Waals surface area contributed by atoms with Crippen LogP contribution in [0.25, 0.3) is 0 Å². The van der Waals surface area contributed by atoms with Gasteiger partial charge in [0.25, 0.3) is 10.0 Å². The molecule has 0 saturated carbocycles. The first-order chi connectivity index (χ1) is 8.47. The summed E-state index contributed by atoms with van der Waals surface area (Å²) in [5.74, 6) is -0.0597. The fraction of sp³-hybridized carbons (Fsp3) is 0.100. The van der Waals surface area contributed by atoms with Gasteiger partial charge in [-0.1, -0.05) is 6.07 Å². The zero-order valence-corrected chi connectivity index (χ0v) is 11.0. The van der Waals surface area contributed by atoms with Crippen molar-refractivity contribution in [1.82, 2.24) is 4.98 Å². The topological polar surface area (TPSA) is 88.3 Å².